The van der Waals surface area contributed by atoms with Gasteiger partial charge in [0.2, 0.25) is 15.9 Å². The molecule has 2 aromatic rings. The van der Waals surface area contributed by atoms with Crippen molar-refractivity contribution in [3.63, 3.8) is 0 Å². The summed E-state index contributed by atoms with van der Waals surface area (Å²) in [5.74, 6) is 0.0906. The lowest BCUT2D eigenvalue weighted by atomic mass is 10.2. The normalized spacial score (nSPS) is 15.4. The topological polar surface area (TPSA) is 105 Å². The minimum absolute atomic E-state index is 0.132. The van der Waals surface area contributed by atoms with E-state index in [1.54, 1.807) is 13.8 Å². The van der Waals surface area contributed by atoms with Gasteiger partial charge in [-0.25, -0.2) is 13.4 Å². The summed E-state index contributed by atoms with van der Waals surface area (Å²) in [4.78, 5) is 16.4. The first kappa shape index (κ1) is 16.1. The van der Waals surface area contributed by atoms with Gasteiger partial charge in [0.15, 0.2) is 10.9 Å². The van der Waals surface area contributed by atoms with Gasteiger partial charge in [-0.3, -0.25) is 4.79 Å². The largest absolute Gasteiger partial charge is 0.360 e. The second kappa shape index (κ2) is 5.69. The molecule has 8 nitrogen and oxygen atoms in total. The van der Waals surface area contributed by atoms with E-state index in [0.29, 0.717) is 23.8 Å². The summed E-state index contributed by atoms with van der Waals surface area (Å²) in [5, 5.41) is 6.86. The quantitative estimate of drug-likeness (QED) is 0.892. The van der Waals surface area contributed by atoms with Gasteiger partial charge in [0.25, 0.3) is 0 Å². The SMILES string of the molecule is CC(=O)Nc1nc2c(s1)CN(S(=O)(=O)c1c(C)noc1C)CC2. The molecule has 2 aromatic heterocycles. The van der Waals surface area contributed by atoms with Crippen LogP contribution in [0.5, 0.6) is 0 Å². The van der Waals surface area contributed by atoms with E-state index in [4.69, 9.17) is 4.52 Å². The van der Waals surface area contributed by atoms with Crippen LogP contribution in [-0.2, 0) is 27.8 Å². The van der Waals surface area contributed by atoms with Crippen molar-refractivity contribution in [2.75, 3.05) is 11.9 Å². The monoisotopic (exact) mass is 356 g/mol. The number of sulfonamides is 1. The lowest BCUT2D eigenvalue weighted by Crippen LogP contribution is -2.36. The van der Waals surface area contributed by atoms with Crippen molar-refractivity contribution in [1.29, 1.82) is 0 Å². The number of aromatic nitrogens is 2. The number of aryl methyl sites for hydroxylation is 2. The Morgan fingerprint density at radius 2 is 2.13 bits per heavy atom. The highest BCUT2D eigenvalue weighted by Gasteiger charge is 2.34. The molecule has 0 radical (unpaired) electrons. The number of hydrogen-bond acceptors (Lipinski definition) is 7. The Morgan fingerprint density at radius 1 is 1.39 bits per heavy atom. The van der Waals surface area contributed by atoms with Gasteiger partial charge in [-0.1, -0.05) is 5.16 Å². The fraction of sp³-hybridized carbons (Fsp3) is 0.462. The van der Waals surface area contributed by atoms with Gasteiger partial charge in [0, 0.05) is 24.8 Å². The van der Waals surface area contributed by atoms with Crippen LogP contribution in [0.2, 0.25) is 0 Å². The van der Waals surface area contributed by atoms with E-state index in [1.807, 2.05) is 0 Å². The number of nitrogens with zero attached hydrogens (tertiary/aromatic N) is 3. The Bertz CT molecular complexity index is 849. The molecule has 3 heterocycles. The molecule has 0 saturated heterocycles. The summed E-state index contributed by atoms with van der Waals surface area (Å²) in [6.07, 6.45) is 0.508. The van der Waals surface area contributed by atoms with Crippen LogP contribution in [0, 0.1) is 13.8 Å². The van der Waals surface area contributed by atoms with Crippen LogP contribution in [-0.4, -0.2) is 35.3 Å². The third-order valence-electron chi connectivity index (χ3n) is 3.54. The van der Waals surface area contributed by atoms with Gasteiger partial charge in [-0.2, -0.15) is 4.31 Å². The number of anilines is 1. The van der Waals surface area contributed by atoms with Crippen molar-refractivity contribution in [3.8, 4) is 0 Å². The van der Waals surface area contributed by atoms with Crippen molar-refractivity contribution < 1.29 is 17.7 Å². The molecule has 1 aliphatic heterocycles. The summed E-state index contributed by atoms with van der Waals surface area (Å²) in [6, 6.07) is 0. The maximum Gasteiger partial charge on any atom is 0.248 e. The van der Waals surface area contributed by atoms with E-state index in [0.717, 1.165) is 10.6 Å². The number of carbonyl (C=O) groups is 1. The number of nitrogens with one attached hydrogen (secondary N) is 1. The zero-order valence-electron chi connectivity index (χ0n) is 12.9. The molecule has 1 N–H and O–H groups in total. The Kier molecular flexibility index (Phi) is 3.98. The highest BCUT2D eigenvalue weighted by molar-refractivity contribution is 7.89. The zero-order valence-corrected chi connectivity index (χ0v) is 14.5. The predicted octanol–water partition coefficient (Wildman–Crippen LogP) is 1.45. The van der Waals surface area contributed by atoms with E-state index < -0.39 is 10.0 Å². The summed E-state index contributed by atoms with van der Waals surface area (Å²) >= 11 is 1.30. The highest BCUT2D eigenvalue weighted by atomic mass is 32.2. The maximum absolute atomic E-state index is 12.8. The fourth-order valence-corrected chi connectivity index (χ4v) is 5.40. The number of fused-ring (bicyclic) bond motifs is 1. The second-order valence-electron chi connectivity index (χ2n) is 5.31. The lowest BCUT2D eigenvalue weighted by molar-refractivity contribution is -0.114. The van der Waals surface area contributed by atoms with Gasteiger partial charge in [-0.05, 0) is 13.8 Å². The second-order valence-corrected chi connectivity index (χ2v) is 8.27. The molecule has 0 bridgehead atoms. The predicted molar refractivity (Wildman–Crippen MR) is 83.7 cm³/mol. The van der Waals surface area contributed by atoms with Crippen molar-refractivity contribution in [2.24, 2.45) is 0 Å². The number of hydrogen-bond donors (Lipinski definition) is 1. The first-order valence-corrected chi connectivity index (χ1v) is 9.24. The van der Waals surface area contributed by atoms with E-state index in [1.165, 1.54) is 22.6 Å². The Labute approximate surface area is 137 Å². The summed E-state index contributed by atoms with van der Waals surface area (Å²) in [7, 11) is -3.67. The molecule has 0 aliphatic carbocycles. The fourth-order valence-electron chi connectivity index (χ4n) is 2.55. The van der Waals surface area contributed by atoms with Gasteiger partial charge in [0.1, 0.15) is 10.6 Å². The third-order valence-corrected chi connectivity index (χ3v) is 6.63. The lowest BCUT2D eigenvalue weighted by Gasteiger charge is -2.25. The Hall–Kier alpha value is -1.78. The smallest absolute Gasteiger partial charge is 0.248 e. The molecule has 0 saturated carbocycles. The average molecular weight is 356 g/mol. The maximum atomic E-state index is 12.8. The number of carbonyl (C=O) groups excluding carboxylic acids is 1. The molecule has 1 aliphatic rings. The first-order chi connectivity index (χ1) is 10.8. The van der Waals surface area contributed by atoms with Crippen LogP contribution in [0.1, 0.15) is 28.9 Å². The average Bonchev–Trinajstić information content (AvgIpc) is 2.99. The molecule has 10 heteroatoms. The van der Waals surface area contributed by atoms with Gasteiger partial charge < -0.3 is 9.84 Å². The van der Waals surface area contributed by atoms with E-state index >= 15 is 0 Å². The first-order valence-electron chi connectivity index (χ1n) is 6.98. The summed E-state index contributed by atoms with van der Waals surface area (Å²) in [6.45, 7) is 5.18. The number of thiazole rings is 1. The minimum atomic E-state index is -3.67. The van der Waals surface area contributed by atoms with Gasteiger partial charge in [-0.15, -0.1) is 11.3 Å². The summed E-state index contributed by atoms with van der Waals surface area (Å²) in [5.41, 5.74) is 1.19. The van der Waals surface area contributed by atoms with Crippen LogP contribution < -0.4 is 5.32 Å². The van der Waals surface area contributed by atoms with Crippen LogP contribution in [0.15, 0.2) is 9.42 Å². The molecule has 0 spiro atoms. The van der Waals surface area contributed by atoms with Crippen molar-refractivity contribution in [2.45, 2.75) is 38.6 Å². The van der Waals surface area contributed by atoms with Crippen molar-refractivity contribution in [1.82, 2.24) is 14.4 Å². The van der Waals surface area contributed by atoms with Crippen molar-refractivity contribution in [3.05, 3.63) is 22.0 Å². The van der Waals surface area contributed by atoms with Crippen LogP contribution in [0.3, 0.4) is 0 Å². The Balaban J connectivity index is 1.90. The van der Waals surface area contributed by atoms with Crippen LogP contribution in [0.4, 0.5) is 5.13 Å². The molecule has 0 atom stereocenters. The van der Waals surface area contributed by atoms with Gasteiger partial charge in [0.05, 0.1) is 12.2 Å². The van der Waals surface area contributed by atoms with E-state index in [2.05, 4.69) is 15.5 Å². The molecule has 124 valence electrons. The third kappa shape index (κ3) is 2.89. The molecule has 0 fully saturated rings. The molecular weight excluding hydrogens is 340 g/mol. The summed E-state index contributed by atoms with van der Waals surface area (Å²) < 4.78 is 32.0. The zero-order chi connectivity index (χ0) is 16.8. The Morgan fingerprint density at radius 3 is 2.74 bits per heavy atom. The molecule has 1 amide bonds. The molecule has 0 unspecified atom stereocenters. The highest BCUT2D eigenvalue weighted by Crippen LogP contribution is 2.32. The number of rotatable bonds is 3. The van der Waals surface area contributed by atoms with Crippen LogP contribution in [0.25, 0.3) is 0 Å². The molecule has 23 heavy (non-hydrogen) atoms. The molecular formula is C13H16N4O4S2. The van der Waals surface area contributed by atoms with E-state index in [9.17, 15) is 13.2 Å². The van der Waals surface area contributed by atoms with Gasteiger partial charge >= 0.3 is 0 Å². The van der Waals surface area contributed by atoms with E-state index in [-0.39, 0.29) is 23.1 Å². The molecule has 0 aromatic carbocycles. The molecule has 3 rings (SSSR count). The minimum Gasteiger partial charge on any atom is -0.360 e. The standard InChI is InChI=1S/C13H16N4O4S2/c1-7-12(8(2)21-16-7)23(19,20)17-5-4-10-11(6-17)22-13(15-10)14-9(3)18/h4-6H2,1-3H3,(H,14,15,18). The van der Waals surface area contributed by atoms with Crippen LogP contribution >= 0.6 is 11.3 Å². The van der Waals surface area contributed by atoms with Crippen molar-refractivity contribution >= 4 is 32.4 Å². The number of amides is 1.